The fourth-order valence-electron chi connectivity index (χ4n) is 2.65. The summed E-state index contributed by atoms with van der Waals surface area (Å²) >= 11 is 0. The maximum Gasteiger partial charge on any atom is 0.207 e. The van der Waals surface area contributed by atoms with E-state index in [0.717, 1.165) is 32.1 Å². The Morgan fingerprint density at radius 2 is 2.27 bits per heavy atom. The highest BCUT2D eigenvalue weighted by atomic mass is 16.1. The quantitative estimate of drug-likeness (QED) is 0.751. The summed E-state index contributed by atoms with van der Waals surface area (Å²) in [6, 6.07) is 8.45. The lowest BCUT2D eigenvalue weighted by molar-refractivity contribution is -0.111. The maximum atomic E-state index is 10.7. The normalized spacial score (nSPS) is 24.3. The third kappa shape index (κ3) is 1.65. The molecule has 1 aromatic rings. The van der Waals surface area contributed by atoms with Crippen molar-refractivity contribution in [2.75, 3.05) is 0 Å². The lowest BCUT2D eigenvalue weighted by Gasteiger charge is -2.38. The van der Waals surface area contributed by atoms with Gasteiger partial charge >= 0.3 is 0 Å². The van der Waals surface area contributed by atoms with Crippen LogP contribution in [0.3, 0.4) is 0 Å². The van der Waals surface area contributed by atoms with Gasteiger partial charge in [-0.15, -0.1) is 0 Å². The number of carbonyl (C=O) groups excluding carboxylic acids is 1. The Morgan fingerprint density at radius 3 is 3.00 bits per heavy atom. The topological polar surface area (TPSA) is 29.1 Å². The molecule has 1 aliphatic rings. The van der Waals surface area contributed by atoms with Crippen LogP contribution in [0.5, 0.6) is 0 Å². The number of hydrogen-bond donors (Lipinski definition) is 1. The van der Waals surface area contributed by atoms with Crippen LogP contribution in [0.15, 0.2) is 24.3 Å². The summed E-state index contributed by atoms with van der Waals surface area (Å²) in [5.41, 5.74) is 2.59. The molecule has 0 saturated heterocycles. The molecular weight excluding hydrogens is 186 g/mol. The fraction of sp³-hybridized carbons (Fsp3) is 0.462. The molecule has 1 aromatic carbocycles. The van der Waals surface area contributed by atoms with Crippen molar-refractivity contribution >= 4 is 6.41 Å². The van der Waals surface area contributed by atoms with Crippen LogP contribution in [0.1, 0.15) is 37.3 Å². The van der Waals surface area contributed by atoms with E-state index >= 15 is 0 Å². The van der Waals surface area contributed by atoms with Crippen molar-refractivity contribution in [3.05, 3.63) is 35.4 Å². The Kier molecular flexibility index (Phi) is 2.76. The van der Waals surface area contributed by atoms with Crippen molar-refractivity contribution in [3.8, 4) is 0 Å². The van der Waals surface area contributed by atoms with E-state index in [9.17, 15) is 4.79 Å². The summed E-state index contributed by atoms with van der Waals surface area (Å²) in [6.07, 6.45) is 5.15. The van der Waals surface area contributed by atoms with Crippen LogP contribution in [0, 0.1) is 0 Å². The van der Waals surface area contributed by atoms with Gasteiger partial charge in [0.2, 0.25) is 6.41 Å². The molecule has 0 spiro atoms. The molecule has 0 aliphatic heterocycles. The standard InChI is InChI=1S/C13H17NO/c1-2-13(14-10-15)9-5-7-11-6-3-4-8-12(11)13/h3-4,6,8,10H,2,5,7,9H2,1H3,(H,14,15). The second-order valence-corrected chi connectivity index (χ2v) is 4.21. The van der Waals surface area contributed by atoms with Crippen LogP contribution < -0.4 is 5.32 Å². The van der Waals surface area contributed by atoms with Crippen LogP contribution in [0.2, 0.25) is 0 Å². The molecule has 1 atom stereocenters. The van der Waals surface area contributed by atoms with Crippen molar-refractivity contribution in [1.82, 2.24) is 5.32 Å². The summed E-state index contributed by atoms with van der Waals surface area (Å²) in [6.45, 7) is 2.14. The number of nitrogens with one attached hydrogen (secondary N) is 1. The van der Waals surface area contributed by atoms with E-state index in [-0.39, 0.29) is 5.54 Å². The van der Waals surface area contributed by atoms with E-state index < -0.39 is 0 Å². The Balaban J connectivity index is 2.46. The molecule has 0 radical (unpaired) electrons. The Hall–Kier alpha value is -1.31. The van der Waals surface area contributed by atoms with E-state index in [1.165, 1.54) is 11.1 Å². The number of aryl methyl sites for hydroxylation is 1. The van der Waals surface area contributed by atoms with Crippen LogP contribution in [-0.4, -0.2) is 6.41 Å². The molecule has 1 N–H and O–H groups in total. The fourth-order valence-corrected chi connectivity index (χ4v) is 2.65. The van der Waals surface area contributed by atoms with Gasteiger partial charge < -0.3 is 5.32 Å². The highest BCUT2D eigenvalue weighted by Gasteiger charge is 2.33. The molecule has 80 valence electrons. The first-order valence-corrected chi connectivity index (χ1v) is 5.62. The van der Waals surface area contributed by atoms with Crippen LogP contribution in [0.4, 0.5) is 0 Å². The molecule has 2 nitrogen and oxygen atoms in total. The number of carbonyl (C=O) groups is 1. The summed E-state index contributed by atoms with van der Waals surface area (Å²) in [5.74, 6) is 0. The molecule has 2 rings (SSSR count). The zero-order valence-electron chi connectivity index (χ0n) is 9.12. The Morgan fingerprint density at radius 1 is 1.47 bits per heavy atom. The van der Waals surface area contributed by atoms with Crippen molar-refractivity contribution in [2.45, 2.75) is 38.1 Å². The molecule has 0 saturated carbocycles. The smallest absolute Gasteiger partial charge is 0.207 e. The van der Waals surface area contributed by atoms with Crippen molar-refractivity contribution in [2.24, 2.45) is 0 Å². The average Bonchev–Trinajstić information content (AvgIpc) is 2.30. The first kappa shape index (κ1) is 10.2. The molecule has 2 heteroatoms. The highest BCUT2D eigenvalue weighted by Crippen LogP contribution is 2.37. The number of hydrogen-bond acceptors (Lipinski definition) is 1. The Labute approximate surface area is 90.7 Å². The van der Waals surface area contributed by atoms with Gasteiger partial charge in [0, 0.05) is 0 Å². The van der Waals surface area contributed by atoms with Crippen LogP contribution >= 0.6 is 0 Å². The first-order chi connectivity index (χ1) is 7.32. The zero-order chi connectivity index (χ0) is 10.7. The van der Waals surface area contributed by atoms with Gasteiger partial charge in [-0.25, -0.2) is 0 Å². The molecule has 15 heavy (non-hydrogen) atoms. The second-order valence-electron chi connectivity index (χ2n) is 4.21. The van der Waals surface area contributed by atoms with Gasteiger partial charge in [-0.1, -0.05) is 31.2 Å². The van der Waals surface area contributed by atoms with Gasteiger partial charge in [-0.2, -0.15) is 0 Å². The Bertz CT molecular complexity index is 361. The van der Waals surface area contributed by atoms with Crippen molar-refractivity contribution in [3.63, 3.8) is 0 Å². The lowest BCUT2D eigenvalue weighted by atomic mass is 9.75. The molecular formula is C13H17NO. The minimum Gasteiger partial charge on any atom is -0.349 e. The third-order valence-corrected chi connectivity index (χ3v) is 3.52. The van der Waals surface area contributed by atoms with Gasteiger partial charge in [0.1, 0.15) is 0 Å². The van der Waals surface area contributed by atoms with Crippen molar-refractivity contribution in [1.29, 1.82) is 0 Å². The van der Waals surface area contributed by atoms with Gasteiger partial charge in [0.15, 0.2) is 0 Å². The summed E-state index contributed by atoms with van der Waals surface area (Å²) in [7, 11) is 0. The number of benzene rings is 1. The van der Waals surface area contributed by atoms with E-state index in [1.807, 2.05) is 0 Å². The van der Waals surface area contributed by atoms with Gasteiger partial charge in [-0.05, 0) is 36.8 Å². The summed E-state index contributed by atoms with van der Waals surface area (Å²) in [5, 5.41) is 3.02. The number of rotatable bonds is 3. The predicted molar refractivity (Wildman–Crippen MR) is 60.5 cm³/mol. The SMILES string of the molecule is CCC1(NC=O)CCCc2ccccc21. The monoisotopic (exact) mass is 203 g/mol. The largest absolute Gasteiger partial charge is 0.349 e. The van der Waals surface area contributed by atoms with Gasteiger partial charge in [0.25, 0.3) is 0 Å². The summed E-state index contributed by atoms with van der Waals surface area (Å²) in [4.78, 5) is 10.7. The molecule has 0 fully saturated rings. The molecule has 1 amide bonds. The molecule has 0 bridgehead atoms. The van der Waals surface area contributed by atoms with E-state index in [2.05, 4.69) is 36.5 Å². The predicted octanol–water partition coefficient (Wildman–Crippen LogP) is 2.37. The maximum absolute atomic E-state index is 10.7. The third-order valence-electron chi connectivity index (χ3n) is 3.52. The van der Waals surface area contributed by atoms with Gasteiger partial charge in [0.05, 0.1) is 5.54 Å². The minimum atomic E-state index is -0.114. The molecule has 0 heterocycles. The minimum absolute atomic E-state index is 0.114. The number of fused-ring (bicyclic) bond motifs is 1. The van der Waals surface area contributed by atoms with Crippen LogP contribution in [0.25, 0.3) is 0 Å². The molecule has 1 aliphatic carbocycles. The number of amides is 1. The van der Waals surface area contributed by atoms with Crippen molar-refractivity contribution < 1.29 is 4.79 Å². The second kappa shape index (κ2) is 4.05. The highest BCUT2D eigenvalue weighted by molar-refractivity contribution is 5.51. The zero-order valence-corrected chi connectivity index (χ0v) is 9.12. The van der Waals surface area contributed by atoms with Gasteiger partial charge in [-0.3, -0.25) is 4.79 Å². The van der Waals surface area contributed by atoms with E-state index in [4.69, 9.17) is 0 Å². The van der Waals surface area contributed by atoms with E-state index in [1.54, 1.807) is 0 Å². The molecule has 0 aromatic heterocycles. The average molecular weight is 203 g/mol. The first-order valence-electron chi connectivity index (χ1n) is 5.62. The van der Waals surface area contributed by atoms with Crippen LogP contribution in [-0.2, 0) is 16.8 Å². The summed E-state index contributed by atoms with van der Waals surface area (Å²) < 4.78 is 0. The lowest BCUT2D eigenvalue weighted by Crippen LogP contribution is -2.43. The molecule has 1 unspecified atom stereocenters. The van der Waals surface area contributed by atoms with E-state index in [0.29, 0.717) is 0 Å².